The Balaban J connectivity index is 1.23. The molecule has 2 aromatic rings. The molecule has 4 atom stereocenters. The number of aromatic nitrogens is 1. The fourth-order valence-corrected chi connectivity index (χ4v) is 4.64. The number of hydrogen-bond donors (Lipinski definition) is 1. The number of nitrogens with zero attached hydrogens (tertiary/aromatic N) is 2. The molecule has 28 heavy (non-hydrogen) atoms. The lowest BCUT2D eigenvalue weighted by atomic mass is 9.78. The first-order valence-corrected chi connectivity index (χ1v) is 9.71. The Labute approximate surface area is 162 Å². The molecule has 1 aliphatic carbocycles. The van der Waals surface area contributed by atoms with Crippen molar-refractivity contribution in [2.75, 3.05) is 19.9 Å². The smallest absolute Gasteiger partial charge is 0.231 e. The van der Waals surface area contributed by atoms with Gasteiger partial charge in [0.15, 0.2) is 11.5 Å². The molecule has 3 aliphatic rings. The predicted molar refractivity (Wildman–Crippen MR) is 98.7 cm³/mol. The summed E-state index contributed by atoms with van der Waals surface area (Å²) in [4.78, 5) is 6.08. The third kappa shape index (κ3) is 3.40. The van der Waals surface area contributed by atoms with Gasteiger partial charge in [0.05, 0.1) is 12.3 Å². The molecule has 0 radical (unpaired) electrons. The molecule has 5 rings (SSSR count). The van der Waals surface area contributed by atoms with Crippen LogP contribution < -0.4 is 14.2 Å². The average Bonchev–Trinajstić information content (AvgIpc) is 3.29. The lowest BCUT2D eigenvalue weighted by molar-refractivity contribution is -0.0232. The van der Waals surface area contributed by atoms with Crippen LogP contribution in [0.25, 0.3) is 0 Å². The van der Waals surface area contributed by atoms with Crippen LogP contribution in [0.3, 0.4) is 0 Å². The van der Waals surface area contributed by atoms with E-state index in [1.165, 1.54) is 6.20 Å². The molecule has 2 fully saturated rings. The standard InChI is InChI=1S/C21H23FN2O4/c22-17-8-23-4-3-13(17)9-24-10-14-5-18(25)20(6-15(14)11-24)28-16-1-2-19-21(7-16)27-12-26-19/h1-4,7-8,14-15,18,20,25H,5-6,9-12H2/t14-,15+,18+,20+/m0/s1. The maximum Gasteiger partial charge on any atom is 0.231 e. The monoisotopic (exact) mass is 386 g/mol. The summed E-state index contributed by atoms with van der Waals surface area (Å²) in [5.41, 5.74) is 0.669. The first-order valence-electron chi connectivity index (χ1n) is 9.71. The minimum Gasteiger partial charge on any atom is -0.488 e. The average molecular weight is 386 g/mol. The molecule has 6 nitrogen and oxygen atoms in total. The Morgan fingerprint density at radius 1 is 1.14 bits per heavy atom. The summed E-state index contributed by atoms with van der Waals surface area (Å²) >= 11 is 0. The van der Waals surface area contributed by atoms with Gasteiger partial charge in [-0.15, -0.1) is 0 Å². The third-order valence-corrected chi connectivity index (χ3v) is 6.04. The second-order valence-corrected chi connectivity index (χ2v) is 7.89. The van der Waals surface area contributed by atoms with E-state index in [-0.39, 0.29) is 18.7 Å². The zero-order valence-corrected chi connectivity index (χ0v) is 15.5. The van der Waals surface area contributed by atoms with Gasteiger partial charge < -0.3 is 19.3 Å². The highest BCUT2D eigenvalue weighted by Crippen LogP contribution is 2.40. The van der Waals surface area contributed by atoms with E-state index in [4.69, 9.17) is 14.2 Å². The molecule has 0 unspecified atom stereocenters. The van der Waals surface area contributed by atoms with Crippen LogP contribution in [-0.4, -0.2) is 47.1 Å². The van der Waals surface area contributed by atoms with Crippen LogP contribution in [0.5, 0.6) is 17.2 Å². The van der Waals surface area contributed by atoms with Crippen LogP contribution in [-0.2, 0) is 6.54 Å². The van der Waals surface area contributed by atoms with Gasteiger partial charge in [-0.2, -0.15) is 0 Å². The zero-order valence-electron chi connectivity index (χ0n) is 15.5. The van der Waals surface area contributed by atoms with E-state index in [2.05, 4.69) is 9.88 Å². The lowest BCUT2D eigenvalue weighted by Gasteiger charge is -2.35. The van der Waals surface area contributed by atoms with Crippen molar-refractivity contribution in [2.24, 2.45) is 11.8 Å². The van der Waals surface area contributed by atoms with Crippen molar-refractivity contribution in [2.45, 2.75) is 31.6 Å². The number of rotatable bonds is 4. The summed E-state index contributed by atoms with van der Waals surface area (Å²) in [6.45, 7) is 2.56. The van der Waals surface area contributed by atoms with Crippen molar-refractivity contribution in [3.05, 3.63) is 48.0 Å². The number of benzene rings is 1. The summed E-state index contributed by atoms with van der Waals surface area (Å²) < 4.78 is 30.7. The minimum atomic E-state index is -0.510. The quantitative estimate of drug-likeness (QED) is 0.872. The second kappa shape index (κ2) is 7.22. The molecule has 1 saturated carbocycles. The van der Waals surface area contributed by atoms with Crippen molar-refractivity contribution in [3.8, 4) is 17.2 Å². The van der Waals surface area contributed by atoms with E-state index >= 15 is 0 Å². The first-order chi connectivity index (χ1) is 13.7. The van der Waals surface area contributed by atoms with E-state index in [0.717, 1.165) is 19.5 Å². The van der Waals surface area contributed by atoms with Gasteiger partial charge in [0.25, 0.3) is 0 Å². The number of aliphatic hydroxyl groups is 1. The predicted octanol–water partition coefficient (Wildman–Crippen LogP) is 2.60. The summed E-state index contributed by atoms with van der Waals surface area (Å²) in [6.07, 6.45) is 3.62. The summed E-state index contributed by atoms with van der Waals surface area (Å²) in [5.74, 6) is 2.66. The van der Waals surface area contributed by atoms with Gasteiger partial charge in [-0.1, -0.05) is 0 Å². The summed E-state index contributed by atoms with van der Waals surface area (Å²) in [5, 5.41) is 10.6. The van der Waals surface area contributed by atoms with Crippen molar-refractivity contribution in [1.29, 1.82) is 0 Å². The molecule has 0 spiro atoms. The normalized spacial score (nSPS) is 28.9. The van der Waals surface area contributed by atoms with Gasteiger partial charge in [-0.25, -0.2) is 4.39 Å². The molecule has 1 aromatic heterocycles. The lowest BCUT2D eigenvalue weighted by Crippen LogP contribution is -2.42. The second-order valence-electron chi connectivity index (χ2n) is 7.89. The van der Waals surface area contributed by atoms with Crippen LogP contribution in [0.4, 0.5) is 4.39 Å². The topological polar surface area (TPSA) is 64.1 Å². The minimum absolute atomic E-state index is 0.225. The summed E-state index contributed by atoms with van der Waals surface area (Å²) in [6, 6.07) is 7.22. The van der Waals surface area contributed by atoms with E-state index < -0.39 is 6.10 Å². The fraction of sp³-hybridized carbons (Fsp3) is 0.476. The van der Waals surface area contributed by atoms with Crippen LogP contribution in [0.2, 0.25) is 0 Å². The maximum atomic E-state index is 13.9. The number of ether oxygens (including phenoxy) is 3. The number of fused-ring (bicyclic) bond motifs is 2. The Morgan fingerprint density at radius 2 is 1.96 bits per heavy atom. The van der Waals surface area contributed by atoms with Gasteiger partial charge in [-0.05, 0) is 42.9 Å². The van der Waals surface area contributed by atoms with Gasteiger partial charge in [-0.3, -0.25) is 9.88 Å². The van der Waals surface area contributed by atoms with Gasteiger partial charge in [0.2, 0.25) is 6.79 Å². The number of aliphatic hydroxyl groups excluding tert-OH is 1. The fourth-order valence-electron chi connectivity index (χ4n) is 4.64. The highest BCUT2D eigenvalue weighted by Gasteiger charge is 2.42. The summed E-state index contributed by atoms with van der Waals surface area (Å²) in [7, 11) is 0. The van der Waals surface area contributed by atoms with Gasteiger partial charge in [0.1, 0.15) is 17.7 Å². The Morgan fingerprint density at radius 3 is 2.82 bits per heavy atom. The number of hydrogen-bond acceptors (Lipinski definition) is 6. The molecule has 2 aliphatic heterocycles. The molecule has 7 heteroatoms. The van der Waals surface area contributed by atoms with Gasteiger partial charge in [0, 0.05) is 37.5 Å². The van der Waals surface area contributed by atoms with E-state index in [9.17, 15) is 9.50 Å². The molecule has 148 valence electrons. The molecule has 1 saturated heterocycles. The van der Waals surface area contributed by atoms with Crippen LogP contribution in [0, 0.1) is 17.7 Å². The first kappa shape index (κ1) is 17.7. The molecule has 1 aromatic carbocycles. The highest BCUT2D eigenvalue weighted by molar-refractivity contribution is 5.47. The van der Waals surface area contributed by atoms with E-state index in [1.807, 2.05) is 18.2 Å². The van der Waals surface area contributed by atoms with Crippen molar-refractivity contribution in [3.63, 3.8) is 0 Å². The number of halogens is 1. The zero-order chi connectivity index (χ0) is 19.1. The Kier molecular flexibility index (Phi) is 4.56. The SMILES string of the molecule is O[C@@H]1C[C@H]2CN(Cc3ccncc3F)C[C@H]2C[C@H]1Oc1ccc2c(c1)OCO2. The highest BCUT2D eigenvalue weighted by atomic mass is 19.1. The number of pyridine rings is 1. The van der Waals surface area contributed by atoms with Crippen LogP contribution in [0.15, 0.2) is 36.7 Å². The van der Waals surface area contributed by atoms with E-state index in [1.54, 1.807) is 12.3 Å². The molecule has 3 heterocycles. The van der Waals surface area contributed by atoms with Crippen LogP contribution in [0.1, 0.15) is 18.4 Å². The van der Waals surface area contributed by atoms with Crippen molar-refractivity contribution >= 4 is 0 Å². The van der Waals surface area contributed by atoms with Crippen LogP contribution >= 0.6 is 0 Å². The molecular weight excluding hydrogens is 363 g/mol. The van der Waals surface area contributed by atoms with Crippen molar-refractivity contribution in [1.82, 2.24) is 9.88 Å². The maximum absolute atomic E-state index is 13.9. The Hall–Kier alpha value is -2.38. The molecule has 0 bridgehead atoms. The molecular formula is C21H23FN2O4. The van der Waals surface area contributed by atoms with Gasteiger partial charge >= 0.3 is 0 Å². The number of likely N-dealkylation sites (tertiary alicyclic amines) is 1. The Bertz CT molecular complexity index is 864. The third-order valence-electron chi connectivity index (χ3n) is 6.04. The van der Waals surface area contributed by atoms with Crippen molar-refractivity contribution < 1.29 is 23.7 Å². The molecule has 1 N–H and O–H groups in total. The largest absolute Gasteiger partial charge is 0.488 e. The molecule has 0 amide bonds. The van der Waals surface area contributed by atoms with E-state index in [0.29, 0.717) is 47.6 Å².